The molecule has 0 aliphatic heterocycles. The fourth-order valence-corrected chi connectivity index (χ4v) is 1.77. The highest BCUT2D eigenvalue weighted by Crippen LogP contribution is 2.36. The van der Waals surface area contributed by atoms with Crippen LogP contribution in [-0.4, -0.2) is 19.2 Å². The van der Waals surface area contributed by atoms with E-state index >= 15 is 0 Å². The average molecular weight is 191 g/mol. The van der Waals surface area contributed by atoms with E-state index < -0.39 is 0 Å². The topological polar surface area (TPSA) is 23.5 Å². The number of phenols is 1. The number of hydrogen-bond donors (Lipinski definition) is 1. The molecule has 2 heteroatoms. The van der Waals surface area contributed by atoms with Gasteiger partial charge in [-0.3, -0.25) is 0 Å². The molecule has 1 aliphatic rings. The molecule has 0 aromatic heterocycles. The summed E-state index contributed by atoms with van der Waals surface area (Å²) in [7, 11) is 4.04. The first kappa shape index (κ1) is 9.38. The lowest BCUT2D eigenvalue weighted by Gasteiger charge is -2.17. The van der Waals surface area contributed by atoms with Crippen LogP contribution in [0.15, 0.2) is 18.2 Å². The van der Waals surface area contributed by atoms with Gasteiger partial charge < -0.3 is 10.0 Å². The molecule has 0 spiro atoms. The Morgan fingerprint density at radius 2 is 2.07 bits per heavy atom. The summed E-state index contributed by atoms with van der Waals surface area (Å²) in [5, 5.41) is 9.41. The Hall–Kier alpha value is -1.18. The highest BCUT2D eigenvalue weighted by Gasteiger charge is 2.23. The Morgan fingerprint density at radius 1 is 1.36 bits per heavy atom. The fourth-order valence-electron chi connectivity index (χ4n) is 1.77. The van der Waals surface area contributed by atoms with Crippen LogP contribution in [0.25, 0.3) is 0 Å². The van der Waals surface area contributed by atoms with Crippen LogP contribution in [0, 0.1) is 5.92 Å². The molecular formula is C12H17NO. The Kier molecular flexibility index (Phi) is 2.36. The molecule has 0 atom stereocenters. The molecule has 1 saturated carbocycles. The van der Waals surface area contributed by atoms with Crippen molar-refractivity contribution in [2.75, 3.05) is 19.0 Å². The van der Waals surface area contributed by atoms with Crippen molar-refractivity contribution in [3.63, 3.8) is 0 Å². The minimum Gasteiger partial charge on any atom is -0.508 e. The maximum Gasteiger partial charge on any atom is 0.117 e. The van der Waals surface area contributed by atoms with Crippen molar-refractivity contribution in [2.24, 2.45) is 5.92 Å². The highest BCUT2D eigenvalue weighted by molar-refractivity contribution is 5.56. The van der Waals surface area contributed by atoms with Crippen LogP contribution in [0.4, 0.5) is 5.69 Å². The van der Waals surface area contributed by atoms with Crippen LogP contribution >= 0.6 is 0 Å². The second-order valence-corrected chi connectivity index (χ2v) is 4.35. The first-order valence-electron chi connectivity index (χ1n) is 5.16. The summed E-state index contributed by atoms with van der Waals surface area (Å²) in [4.78, 5) is 2.07. The molecule has 0 unspecified atom stereocenters. The van der Waals surface area contributed by atoms with E-state index in [1.807, 2.05) is 26.2 Å². The van der Waals surface area contributed by atoms with Gasteiger partial charge >= 0.3 is 0 Å². The summed E-state index contributed by atoms with van der Waals surface area (Å²) in [6.45, 7) is 0. The lowest BCUT2D eigenvalue weighted by Crippen LogP contribution is -2.11. The van der Waals surface area contributed by atoms with E-state index in [0.29, 0.717) is 5.75 Å². The average Bonchev–Trinajstić information content (AvgIpc) is 2.91. The number of anilines is 1. The van der Waals surface area contributed by atoms with Crippen molar-refractivity contribution >= 4 is 5.69 Å². The standard InChI is InChI=1S/C12H17NO/c1-13(2)12-8-11(14)6-5-10(12)7-9-3-4-9/h5-6,8-9,14H,3-4,7H2,1-2H3. The van der Waals surface area contributed by atoms with Gasteiger partial charge in [-0.1, -0.05) is 6.07 Å². The molecular weight excluding hydrogens is 174 g/mol. The number of benzene rings is 1. The van der Waals surface area contributed by atoms with Gasteiger partial charge in [-0.15, -0.1) is 0 Å². The minimum absolute atomic E-state index is 0.355. The molecule has 0 heterocycles. The van der Waals surface area contributed by atoms with Gasteiger partial charge in [0.25, 0.3) is 0 Å². The highest BCUT2D eigenvalue weighted by atomic mass is 16.3. The lowest BCUT2D eigenvalue weighted by atomic mass is 10.1. The molecule has 0 saturated heterocycles. The van der Waals surface area contributed by atoms with Gasteiger partial charge in [-0.2, -0.15) is 0 Å². The number of nitrogens with zero attached hydrogens (tertiary/aromatic N) is 1. The van der Waals surface area contributed by atoms with Crippen LogP contribution in [0.5, 0.6) is 5.75 Å². The monoisotopic (exact) mass is 191 g/mol. The van der Waals surface area contributed by atoms with Gasteiger partial charge in [-0.05, 0) is 36.8 Å². The summed E-state index contributed by atoms with van der Waals surface area (Å²) in [5.41, 5.74) is 2.51. The number of hydrogen-bond acceptors (Lipinski definition) is 2. The predicted molar refractivity (Wildman–Crippen MR) is 58.9 cm³/mol. The van der Waals surface area contributed by atoms with Gasteiger partial charge in [-0.25, -0.2) is 0 Å². The third-order valence-electron chi connectivity index (χ3n) is 2.76. The maximum atomic E-state index is 9.41. The van der Waals surface area contributed by atoms with E-state index in [1.165, 1.54) is 18.4 Å². The van der Waals surface area contributed by atoms with Crippen molar-refractivity contribution < 1.29 is 5.11 Å². The van der Waals surface area contributed by atoms with E-state index in [0.717, 1.165) is 18.0 Å². The summed E-state index contributed by atoms with van der Waals surface area (Å²) in [5.74, 6) is 1.24. The van der Waals surface area contributed by atoms with Crippen molar-refractivity contribution in [1.82, 2.24) is 0 Å². The van der Waals surface area contributed by atoms with Crippen LogP contribution in [0.2, 0.25) is 0 Å². The first-order chi connectivity index (χ1) is 6.66. The molecule has 1 aromatic carbocycles. The normalized spacial score (nSPS) is 15.6. The largest absolute Gasteiger partial charge is 0.508 e. The van der Waals surface area contributed by atoms with Crippen molar-refractivity contribution in [3.8, 4) is 5.75 Å². The van der Waals surface area contributed by atoms with E-state index in [4.69, 9.17) is 0 Å². The summed E-state index contributed by atoms with van der Waals surface area (Å²) in [6, 6.07) is 5.67. The van der Waals surface area contributed by atoms with Crippen LogP contribution in [-0.2, 0) is 6.42 Å². The van der Waals surface area contributed by atoms with E-state index in [9.17, 15) is 5.11 Å². The molecule has 0 radical (unpaired) electrons. The van der Waals surface area contributed by atoms with Gasteiger partial charge in [0.15, 0.2) is 0 Å². The Morgan fingerprint density at radius 3 is 2.64 bits per heavy atom. The molecule has 0 amide bonds. The Balaban J connectivity index is 2.26. The Labute approximate surface area is 85.2 Å². The zero-order valence-corrected chi connectivity index (χ0v) is 8.83. The maximum absolute atomic E-state index is 9.41. The SMILES string of the molecule is CN(C)c1cc(O)ccc1CC1CC1. The summed E-state index contributed by atoms with van der Waals surface area (Å²) >= 11 is 0. The molecule has 76 valence electrons. The van der Waals surface area contributed by atoms with E-state index in [-0.39, 0.29) is 0 Å². The summed E-state index contributed by atoms with van der Waals surface area (Å²) in [6.07, 6.45) is 3.90. The summed E-state index contributed by atoms with van der Waals surface area (Å²) < 4.78 is 0. The number of rotatable bonds is 3. The zero-order valence-electron chi connectivity index (χ0n) is 8.83. The smallest absolute Gasteiger partial charge is 0.117 e. The molecule has 14 heavy (non-hydrogen) atoms. The third-order valence-corrected chi connectivity index (χ3v) is 2.76. The quantitative estimate of drug-likeness (QED) is 0.793. The van der Waals surface area contributed by atoms with Crippen molar-refractivity contribution in [2.45, 2.75) is 19.3 Å². The van der Waals surface area contributed by atoms with Gasteiger partial charge in [0.05, 0.1) is 0 Å². The predicted octanol–water partition coefficient (Wildman–Crippen LogP) is 2.41. The van der Waals surface area contributed by atoms with Crippen molar-refractivity contribution in [3.05, 3.63) is 23.8 Å². The minimum atomic E-state index is 0.355. The van der Waals surface area contributed by atoms with Gasteiger partial charge in [0.2, 0.25) is 0 Å². The number of phenolic OH excluding ortho intramolecular Hbond substituents is 1. The number of aromatic hydroxyl groups is 1. The van der Waals surface area contributed by atoms with Crippen LogP contribution < -0.4 is 4.90 Å². The molecule has 1 fully saturated rings. The Bertz CT molecular complexity index is 329. The lowest BCUT2D eigenvalue weighted by molar-refractivity contribution is 0.475. The van der Waals surface area contributed by atoms with Gasteiger partial charge in [0, 0.05) is 25.8 Å². The van der Waals surface area contributed by atoms with Gasteiger partial charge in [0.1, 0.15) is 5.75 Å². The third kappa shape index (κ3) is 2.00. The van der Waals surface area contributed by atoms with E-state index in [2.05, 4.69) is 4.90 Å². The second kappa shape index (κ2) is 3.52. The second-order valence-electron chi connectivity index (χ2n) is 4.35. The molecule has 0 bridgehead atoms. The van der Waals surface area contributed by atoms with Crippen molar-refractivity contribution in [1.29, 1.82) is 0 Å². The zero-order chi connectivity index (χ0) is 10.1. The molecule has 1 N–H and O–H groups in total. The molecule has 2 nitrogen and oxygen atoms in total. The fraction of sp³-hybridized carbons (Fsp3) is 0.500. The molecule has 2 rings (SSSR count). The molecule has 1 aromatic rings. The van der Waals surface area contributed by atoms with Crippen LogP contribution in [0.1, 0.15) is 18.4 Å². The first-order valence-corrected chi connectivity index (χ1v) is 5.16. The van der Waals surface area contributed by atoms with E-state index in [1.54, 1.807) is 6.07 Å². The van der Waals surface area contributed by atoms with Crippen LogP contribution in [0.3, 0.4) is 0 Å². The molecule has 1 aliphatic carbocycles.